The average Bonchev–Trinajstić information content (AvgIpc) is 2.15. The van der Waals surface area contributed by atoms with Crippen molar-refractivity contribution >= 4 is 17.7 Å². The predicted octanol–water partition coefficient (Wildman–Crippen LogP) is 3.19. The van der Waals surface area contributed by atoms with Gasteiger partial charge >= 0.3 is 7.60 Å². The highest BCUT2D eigenvalue weighted by Crippen LogP contribution is 2.51. The van der Waals surface area contributed by atoms with Crippen LogP contribution in [0.15, 0.2) is 24.4 Å². The summed E-state index contributed by atoms with van der Waals surface area (Å²) in [7, 11) is -6.95. The lowest BCUT2D eigenvalue weighted by Crippen LogP contribution is -2.06. The third-order valence-corrected chi connectivity index (χ3v) is 3.45. The van der Waals surface area contributed by atoms with Crippen LogP contribution in [0.4, 0.5) is 0 Å². The lowest BCUT2D eigenvalue weighted by molar-refractivity contribution is 0.149. The lowest BCUT2D eigenvalue weighted by Gasteiger charge is -2.19. The summed E-state index contributed by atoms with van der Waals surface area (Å²) in [5.74, 6) is 1.24. The highest BCUT2D eigenvalue weighted by molar-refractivity contribution is 7.88. The minimum atomic E-state index is -3.90. The topological polar surface area (TPSA) is 89.9 Å². The standard InChI is InChI=1S/C8H17O3P.C2H4O3S/c1-6-12(9,10-7(2)3)11-8(4)5;1-2-6(3,4)5/h6-8H,1H2,2-5H3;2H,1H2,(H,3,4,5). The van der Waals surface area contributed by atoms with E-state index in [0.29, 0.717) is 5.41 Å². The number of hydrogen-bond donors (Lipinski definition) is 1. The molecule has 0 aliphatic heterocycles. The summed E-state index contributed by atoms with van der Waals surface area (Å²) in [4.78, 5) is 0. The molecule has 0 aromatic heterocycles. The lowest BCUT2D eigenvalue weighted by atomic mass is 10.5. The van der Waals surface area contributed by atoms with Gasteiger partial charge in [0, 0.05) is 5.82 Å². The fourth-order valence-electron chi connectivity index (χ4n) is 0.699. The van der Waals surface area contributed by atoms with Crippen molar-refractivity contribution in [1.29, 1.82) is 0 Å². The molecule has 0 aromatic rings. The second kappa shape index (κ2) is 8.61. The van der Waals surface area contributed by atoms with E-state index in [2.05, 4.69) is 13.2 Å². The predicted molar refractivity (Wildman–Crippen MR) is 72.0 cm³/mol. The van der Waals surface area contributed by atoms with Crippen LogP contribution < -0.4 is 0 Å². The number of rotatable bonds is 6. The molecule has 0 unspecified atom stereocenters. The van der Waals surface area contributed by atoms with Crippen LogP contribution in [0, 0.1) is 0 Å². The molecule has 0 radical (unpaired) electrons. The van der Waals surface area contributed by atoms with E-state index < -0.39 is 17.7 Å². The van der Waals surface area contributed by atoms with Crippen molar-refractivity contribution in [2.24, 2.45) is 0 Å². The van der Waals surface area contributed by atoms with Crippen LogP contribution in [0.3, 0.4) is 0 Å². The monoisotopic (exact) mass is 300 g/mol. The van der Waals surface area contributed by atoms with Crippen molar-refractivity contribution in [1.82, 2.24) is 0 Å². The molecule has 0 spiro atoms. The largest absolute Gasteiger partial charge is 0.354 e. The van der Waals surface area contributed by atoms with Crippen LogP contribution in [0.1, 0.15) is 27.7 Å². The average molecular weight is 300 g/mol. The Bertz CT molecular complexity index is 373. The van der Waals surface area contributed by atoms with Gasteiger partial charge in [-0.2, -0.15) is 8.42 Å². The molecule has 0 aliphatic carbocycles. The van der Waals surface area contributed by atoms with Gasteiger partial charge in [-0.25, -0.2) is 0 Å². The third-order valence-electron chi connectivity index (χ3n) is 1.15. The van der Waals surface area contributed by atoms with E-state index in [-0.39, 0.29) is 12.2 Å². The summed E-state index contributed by atoms with van der Waals surface area (Å²) in [6, 6.07) is 0. The van der Waals surface area contributed by atoms with Crippen molar-refractivity contribution in [3.05, 3.63) is 24.4 Å². The van der Waals surface area contributed by atoms with Crippen LogP contribution in [0.2, 0.25) is 0 Å². The fourth-order valence-corrected chi connectivity index (χ4v) is 2.10. The molecule has 0 saturated heterocycles. The van der Waals surface area contributed by atoms with Crippen molar-refractivity contribution in [2.45, 2.75) is 39.9 Å². The second-order valence-corrected chi connectivity index (χ2v) is 6.94. The van der Waals surface area contributed by atoms with Gasteiger partial charge in [0.2, 0.25) is 0 Å². The molecule has 6 nitrogen and oxygen atoms in total. The zero-order valence-corrected chi connectivity index (χ0v) is 12.8. The van der Waals surface area contributed by atoms with E-state index in [1.54, 1.807) is 27.7 Å². The third kappa shape index (κ3) is 13.6. The minimum Gasteiger partial charge on any atom is -0.303 e. The molecule has 0 aromatic carbocycles. The molecule has 0 aliphatic rings. The van der Waals surface area contributed by atoms with Gasteiger partial charge in [-0.15, -0.1) is 0 Å². The van der Waals surface area contributed by atoms with E-state index in [1.807, 2.05) is 0 Å². The van der Waals surface area contributed by atoms with Crippen molar-refractivity contribution in [2.75, 3.05) is 0 Å². The van der Waals surface area contributed by atoms with Crippen LogP contribution in [-0.4, -0.2) is 25.2 Å². The molecule has 0 heterocycles. The highest BCUT2D eigenvalue weighted by Gasteiger charge is 2.22. The first-order chi connectivity index (χ1) is 7.95. The van der Waals surface area contributed by atoms with E-state index in [0.717, 1.165) is 0 Å². The van der Waals surface area contributed by atoms with Crippen LogP contribution >= 0.6 is 7.60 Å². The fraction of sp³-hybridized carbons (Fsp3) is 0.600. The molecule has 0 fully saturated rings. The first-order valence-corrected chi connectivity index (χ1v) is 8.27. The molecule has 8 heteroatoms. The maximum absolute atomic E-state index is 11.6. The van der Waals surface area contributed by atoms with Crippen LogP contribution in [0.5, 0.6) is 0 Å². The molecule has 0 rings (SSSR count). The Labute approximate surface area is 109 Å². The van der Waals surface area contributed by atoms with Gasteiger partial charge in [0.15, 0.2) is 0 Å². The van der Waals surface area contributed by atoms with E-state index in [9.17, 15) is 13.0 Å². The molecular formula is C10H21O6PS. The first kappa shape index (κ1) is 19.9. The quantitative estimate of drug-likeness (QED) is 0.598. The molecule has 0 saturated carbocycles. The Morgan fingerprint density at radius 3 is 1.50 bits per heavy atom. The Hall–Kier alpha value is -0.460. The van der Waals surface area contributed by atoms with E-state index in [1.165, 1.54) is 5.82 Å². The first-order valence-electron chi connectivity index (χ1n) is 5.15. The number of hydrogen-bond acceptors (Lipinski definition) is 5. The molecule has 1 N–H and O–H groups in total. The zero-order chi connectivity index (χ0) is 15.0. The summed E-state index contributed by atoms with van der Waals surface area (Å²) >= 11 is 0. The van der Waals surface area contributed by atoms with Gasteiger partial charge in [0.05, 0.1) is 17.6 Å². The van der Waals surface area contributed by atoms with Crippen LogP contribution in [-0.2, 0) is 23.7 Å². The highest BCUT2D eigenvalue weighted by atomic mass is 32.2. The molecule has 0 bridgehead atoms. The molecule has 18 heavy (non-hydrogen) atoms. The Balaban J connectivity index is 0. The Morgan fingerprint density at radius 2 is 1.39 bits per heavy atom. The van der Waals surface area contributed by atoms with Crippen molar-refractivity contribution in [3.63, 3.8) is 0 Å². The molecular weight excluding hydrogens is 279 g/mol. The van der Waals surface area contributed by atoms with Gasteiger partial charge in [-0.3, -0.25) is 9.12 Å². The van der Waals surface area contributed by atoms with E-state index >= 15 is 0 Å². The molecule has 108 valence electrons. The van der Waals surface area contributed by atoms with Crippen LogP contribution in [0.25, 0.3) is 0 Å². The van der Waals surface area contributed by atoms with Crippen molar-refractivity contribution < 1.29 is 26.6 Å². The summed E-state index contributed by atoms with van der Waals surface area (Å²) in [5, 5.41) is 0.465. The molecule has 0 amide bonds. The smallest absolute Gasteiger partial charge is 0.303 e. The Kier molecular flexibility index (Phi) is 9.50. The van der Waals surface area contributed by atoms with E-state index in [4.69, 9.17) is 13.6 Å². The molecule has 0 atom stereocenters. The summed E-state index contributed by atoms with van der Waals surface area (Å²) in [6.45, 7) is 13.4. The SMILES string of the molecule is C=CP(=O)(OC(C)C)OC(C)C.C=CS(=O)(=O)O. The maximum atomic E-state index is 11.6. The summed E-state index contributed by atoms with van der Waals surface area (Å²) in [6.07, 6.45) is -0.236. The maximum Gasteiger partial charge on any atom is 0.354 e. The summed E-state index contributed by atoms with van der Waals surface area (Å²) in [5.41, 5.74) is 0. The van der Waals surface area contributed by atoms with Gasteiger partial charge in [0.25, 0.3) is 10.1 Å². The minimum absolute atomic E-state index is 0.118. The zero-order valence-electron chi connectivity index (χ0n) is 11.1. The van der Waals surface area contributed by atoms with Gasteiger partial charge < -0.3 is 9.05 Å². The normalized spacial score (nSPS) is 11.9. The van der Waals surface area contributed by atoms with Gasteiger partial charge in [-0.05, 0) is 27.7 Å². The summed E-state index contributed by atoms with van der Waals surface area (Å²) < 4.78 is 48.4. The Morgan fingerprint density at radius 1 is 1.11 bits per heavy atom. The van der Waals surface area contributed by atoms with Crippen molar-refractivity contribution in [3.8, 4) is 0 Å². The van der Waals surface area contributed by atoms with Gasteiger partial charge in [0.1, 0.15) is 0 Å². The second-order valence-electron chi connectivity index (χ2n) is 3.71. The van der Waals surface area contributed by atoms with Gasteiger partial charge in [-0.1, -0.05) is 13.2 Å².